The van der Waals surface area contributed by atoms with Crippen LogP contribution in [0.15, 0.2) is 51.9 Å². The van der Waals surface area contributed by atoms with Crippen LogP contribution < -0.4 is 10.1 Å². The Balaban J connectivity index is 2.37. The van der Waals surface area contributed by atoms with Gasteiger partial charge in [0.1, 0.15) is 17.3 Å². The molecular weight excluding hydrogens is 286 g/mol. The SMILES string of the molecule is CCOc1cccc(=Nc2cccc(C)c2)c2c(C)oc(C)c12. The van der Waals surface area contributed by atoms with Gasteiger partial charge in [0.15, 0.2) is 0 Å². The normalized spacial score (nSPS) is 11.9. The molecule has 0 fully saturated rings. The van der Waals surface area contributed by atoms with Crippen molar-refractivity contribution in [1.29, 1.82) is 0 Å². The van der Waals surface area contributed by atoms with E-state index in [0.29, 0.717) is 6.61 Å². The summed E-state index contributed by atoms with van der Waals surface area (Å²) < 4.78 is 11.7. The molecule has 0 radical (unpaired) electrons. The average Bonchev–Trinajstić information content (AvgIpc) is 2.68. The zero-order chi connectivity index (χ0) is 16.4. The molecule has 3 aromatic rings. The Morgan fingerprint density at radius 2 is 1.70 bits per heavy atom. The summed E-state index contributed by atoms with van der Waals surface area (Å²) in [4.78, 5) is 4.83. The molecule has 0 bridgehead atoms. The summed E-state index contributed by atoms with van der Waals surface area (Å²) in [7, 11) is 0. The molecule has 1 aromatic heterocycles. The van der Waals surface area contributed by atoms with Gasteiger partial charge in [-0.2, -0.15) is 0 Å². The molecule has 3 nitrogen and oxygen atoms in total. The lowest BCUT2D eigenvalue weighted by molar-refractivity contribution is 0.344. The predicted octanol–water partition coefficient (Wildman–Crippen LogP) is 4.99. The average molecular weight is 307 g/mol. The van der Waals surface area contributed by atoms with Crippen LogP contribution in [0.2, 0.25) is 0 Å². The van der Waals surface area contributed by atoms with Crippen molar-refractivity contribution in [3.63, 3.8) is 0 Å². The van der Waals surface area contributed by atoms with Crippen LogP contribution in [-0.2, 0) is 0 Å². The third kappa shape index (κ3) is 3.00. The molecule has 3 rings (SSSR count). The van der Waals surface area contributed by atoms with Crippen molar-refractivity contribution in [1.82, 2.24) is 0 Å². The van der Waals surface area contributed by atoms with Gasteiger partial charge in [0.05, 0.1) is 28.4 Å². The lowest BCUT2D eigenvalue weighted by Crippen LogP contribution is -1.99. The fourth-order valence-corrected chi connectivity index (χ4v) is 2.89. The smallest absolute Gasteiger partial charge is 0.130 e. The summed E-state index contributed by atoms with van der Waals surface area (Å²) in [6.07, 6.45) is 0. The Hall–Kier alpha value is -2.55. The highest BCUT2D eigenvalue weighted by molar-refractivity contribution is 5.91. The van der Waals surface area contributed by atoms with Gasteiger partial charge in [-0.05, 0) is 57.5 Å². The molecule has 1 heterocycles. The van der Waals surface area contributed by atoms with Crippen LogP contribution in [0.5, 0.6) is 5.75 Å². The number of fused-ring (bicyclic) bond motifs is 1. The molecule has 0 unspecified atom stereocenters. The molecular formula is C20H21NO2. The van der Waals surface area contributed by atoms with Gasteiger partial charge >= 0.3 is 0 Å². The highest BCUT2D eigenvalue weighted by Gasteiger charge is 2.13. The molecule has 0 aliphatic rings. The molecule has 0 aliphatic heterocycles. The molecule has 0 saturated heterocycles. The minimum Gasteiger partial charge on any atom is -0.493 e. The number of benzene rings is 1. The first kappa shape index (κ1) is 15.3. The van der Waals surface area contributed by atoms with Crippen LogP contribution in [0, 0.1) is 20.8 Å². The number of hydrogen-bond acceptors (Lipinski definition) is 3. The molecule has 0 spiro atoms. The van der Waals surface area contributed by atoms with Crippen molar-refractivity contribution < 1.29 is 9.15 Å². The molecule has 0 aliphatic carbocycles. The molecule has 3 heteroatoms. The van der Waals surface area contributed by atoms with Crippen molar-refractivity contribution >= 4 is 16.5 Å². The second kappa shape index (κ2) is 6.29. The van der Waals surface area contributed by atoms with E-state index in [9.17, 15) is 0 Å². The first-order valence-corrected chi connectivity index (χ1v) is 7.87. The fraction of sp³-hybridized carbons (Fsp3) is 0.250. The summed E-state index contributed by atoms with van der Waals surface area (Å²) in [6, 6.07) is 14.1. The van der Waals surface area contributed by atoms with E-state index in [0.717, 1.165) is 39.1 Å². The van der Waals surface area contributed by atoms with Crippen LogP contribution >= 0.6 is 0 Å². The first-order valence-electron chi connectivity index (χ1n) is 7.87. The van der Waals surface area contributed by atoms with E-state index in [2.05, 4.69) is 19.1 Å². The van der Waals surface area contributed by atoms with Crippen LogP contribution in [0.25, 0.3) is 10.8 Å². The third-order valence-electron chi connectivity index (χ3n) is 3.82. The minimum absolute atomic E-state index is 0.618. The van der Waals surface area contributed by atoms with Gasteiger partial charge in [-0.25, -0.2) is 4.99 Å². The van der Waals surface area contributed by atoms with Crippen LogP contribution in [-0.4, -0.2) is 6.61 Å². The molecule has 0 N–H and O–H groups in total. The van der Waals surface area contributed by atoms with E-state index < -0.39 is 0 Å². The van der Waals surface area contributed by atoms with E-state index in [1.165, 1.54) is 5.56 Å². The zero-order valence-electron chi connectivity index (χ0n) is 14.0. The van der Waals surface area contributed by atoms with Crippen molar-refractivity contribution in [2.24, 2.45) is 4.99 Å². The van der Waals surface area contributed by atoms with Gasteiger partial charge in [-0.15, -0.1) is 0 Å². The number of hydrogen-bond donors (Lipinski definition) is 0. The quantitative estimate of drug-likeness (QED) is 0.683. The Labute approximate surface area is 136 Å². The summed E-state index contributed by atoms with van der Waals surface area (Å²) in [6.45, 7) is 8.61. The standard InChI is InChI=1S/C20H21NO2/c1-5-22-18-11-7-10-17(19-14(3)23-15(4)20(18)19)21-16-9-6-8-13(2)12-16/h6-12H,5H2,1-4H3. The highest BCUT2D eigenvalue weighted by atomic mass is 16.5. The van der Waals surface area contributed by atoms with E-state index in [1.807, 2.05) is 51.1 Å². The number of furan rings is 1. The van der Waals surface area contributed by atoms with Crippen LogP contribution in [0.4, 0.5) is 5.69 Å². The molecule has 2 aromatic carbocycles. The van der Waals surface area contributed by atoms with Crippen molar-refractivity contribution in [3.8, 4) is 5.75 Å². The second-order valence-corrected chi connectivity index (χ2v) is 5.62. The van der Waals surface area contributed by atoms with E-state index >= 15 is 0 Å². The fourth-order valence-electron chi connectivity index (χ4n) is 2.89. The number of rotatable bonds is 3. The lowest BCUT2D eigenvalue weighted by atomic mass is 10.2. The van der Waals surface area contributed by atoms with Crippen LogP contribution in [0.1, 0.15) is 24.0 Å². The maximum absolute atomic E-state index is 5.86. The summed E-state index contributed by atoms with van der Waals surface area (Å²) in [5.74, 6) is 2.56. The topological polar surface area (TPSA) is 34.7 Å². The van der Waals surface area contributed by atoms with Gasteiger partial charge in [-0.3, -0.25) is 0 Å². The van der Waals surface area contributed by atoms with E-state index in [-0.39, 0.29) is 0 Å². The Kier molecular flexibility index (Phi) is 4.20. The number of ether oxygens (including phenoxy) is 1. The van der Waals surface area contributed by atoms with Gasteiger partial charge < -0.3 is 9.15 Å². The highest BCUT2D eigenvalue weighted by Crippen LogP contribution is 2.30. The molecule has 23 heavy (non-hydrogen) atoms. The van der Waals surface area contributed by atoms with Crippen molar-refractivity contribution in [2.45, 2.75) is 27.7 Å². The minimum atomic E-state index is 0.618. The lowest BCUT2D eigenvalue weighted by Gasteiger charge is -2.01. The zero-order valence-corrected chi connectivity index (χ0v) is 14.0. The largest absolute Gasteiger partial charge is 0.493 e. The molecule has 0 saturated carbocycles. The van der Waals surface area contributed by atoms with Gasteiger partial charge in [0, 0.05) is 0 Å². The first-order chi connectivity index (χ1) is 11.1. The van der Waals surface area contributed by atoms with Gasteiger partial charge in [0.25, 0.3) is 0 Å². The Morgan fingerprint density at radius 1 is 0.957 bits per heavy atom. The van der Waals surface area contributed by atoms with Gasteiger partial charge in [-0.1, -0.05) is 18.2 Å². The third-order valence-corrected chi connectivity index (χ3v) is 3.82. The predicted molar refractivity (Wildman–Crippen MR) is 93.3 cm³/mol. The van der Waals surface area contributed by atoms with Crippen molar-refractivity contribution in [3.05, 3.63) is 64.9 Å². The van der Waals surface area contributed by atoms with E-state index in [1.54, 1.807) is 0 Å². The van der Waals surface area contributed by atoms with Crippen molar-refractivity contribution in [2.75, 3.05) is 6.61 Å². The maximum Gasteiger partial charge on any atom is 0.130 e. The maximum atomic E-state index is 5.86. The van der Waals surface area contributed by atoms with Gasteiger partial charge in [0.2, 0.25) is 0 Å². The Bertz CT molecular complexity index is 923. The van der Waals surface area contributed by atoms with E-state index in [4.69, 9.17) is 14.1 Å². The number of aryl methyl sites for hydroxylation is 3. The summed E-state index contributed by atoms with van der Waals surface area (Å²) >= 11 is 0. The number of nitrogens with zero attached hydrogens (tertiary/aromatic N) is 1. The second-order valence-electron chi connectivity index (χ2n) is 5.62. The Morgan fingerprint density at radius 3 is 2.43 bits per heavy atom. The molecule has 118 valence electrons. The monoisotopic (exact) mass is 307 g/mol. The summed E-state index contributed by atoms with van der Waals surface area (Å²) in [5, 5.41) is 2.91. The van der Waals surface area contributed by atoms with Crippen LogP contribution in [0.3, 0.4) is 0 Å². The molecule has 0 atom stereocenters. The molecule has 0 amide bonds. The summed E-state index contributed by atoms with van der Waals surface area (Å²) in [5.41, 5.74) is 2.13.